The Morgan fingerprint density at radius 2 is 2.20 bits per heavy atom. The summed E-state index contributed by atoms with van der Waals surface area (Å²) in [4.78, 5) is 11.7. The van der Waals surface area contributed by atoms with Crippen molar-refractivity contribution in [2.24, 2.45) is 5.92 Å². The van der Waals surface area contributed by atoms with Crippen LogP contribution in [0.15, 0.2) is 0 Å². The van der Waals surface area contributed by atoms with Gasteiger partial charge >= 0.3 is 5.97 Å². The Balaban J connectivity index is 2.14. The minimum atomic E-state index is -3.57. The first-order chi connectivity index (χ1) is 9.50. The van der Waals surface area contributed by atoms with E-state index < -0.39 is 33.3 Å². The van der Waals surface area contributed by atoms with Crippen molar-refractivity contribution in [3.05, 3.63) is 0 Å². The fourth-order valence-electron chi connectivity index (χ4n) is 2.93. The number of hydrogen-bond acceptors (Lipinski definition) is 6. The van der Waals surface area contributed by atoms with Crippen LogP contribution in [-0.2, 0) is 24.3 Å². The summed E-state index contributed by atoms with van der Waals surface area (Å²) in [5.74, 6) is -1.04. The van der Waals surface area contributed by atoms with Crippen LogP contribution in [0.3, 0.4) is 0 Å². The van der Waals surface area contributed by atoms with Crippen molar-refractivity contribution < 1.29 is 27.8 Å². The lowest BCUT2D eigenvalue weighted by atomic mass is 10.1. The Kier molecular flexibility index (Phi) is 5.00. The highest BCUT2D eigenvalue weighted by atomic mass is 32.2. The second-order valence-electron chi connectivity index (χ2n) is 5.18. The number of aliphatic hydroxyl groups excluding tert-OH is 1. The summed E-state index contributed by atoms with van der Waals surface area (Å²) in [6.07, 6.45) is 1.24. The molecule has 0 amide bonds. The van der Waals surface area contributed by atoms with Crippen molar-refractivity contribution >= 4 is 16.0 Å². The summed E-state index contributed by atoms with van der Waals surface area (Å²) in [6, 6.07) is 0. The number of nitrogens with zero attached hydrogens (tertiary/aromatic N) is 1. The molecule has 0 spiro atoms. The number of sulfonamides is 1. The first-order valence-electron chi connectivity index (χ1n) is 6.80. The summed E-state index contributed by atoms with van der Waals surface area (Å²) >= 11 is 0. The molecule has 7 nitrogen and oxygen atoms in total. The molecule has 8 heteroatoms. The van der Waals surface area contributed by atoms with Gasteiger partial charge in [-0.05, 0) is 12.8 Å². The van der Waals surface area contributed by atoms with Gasteiger partial charge in [-0.15, -0.1) is 0 Å². The van der Waals surface area contributed by atoms with E-state index in [1.807, 2.05) is 0 Å². The molecule has 1 saturated heterocycles. The van der Waals surface area contributed by atoms with Gasteiger partial charge in [-0.25, -0.2) is 8.42 Å². The molecule has 0 aromatic carbocycles. The zero-order chi connectivity index (χ0) is 14.8. The molecule has 3 atom stereocenters. The molecule has 1 saturated carbocycles. The van der Waals surface area contributed by atoms with Gasteiger partial charge in [-0.1, -0.05) is 6.42 Å². The minimum absolute atomic E-state index is 0.142. The number of esters is 1. The summed E-state index contributed by atoms with van der Waals surface area (Å²) in [5.41, 5.74) is 0. The number of methoxy groups -OCH3 is 1. The van der Waals surface area contributed by atoms with Crippen LogP contribution in [0.2, 0.25) is 0 Å². The van der Waals surface area contributed by atoms with Crippen LogP contribution in [0.5, 0.6) is 0 Å². The number of carbonyl (C=O) groups excluding carboxylic acids is 1. The molecule has 2 rings (SSSR count). The van der Waals surface area contributed by atoms with E-state index in [1.165, 1.54) is 11.4 Å². The van der Waals surface area contributed by atoms with E-state index in [0.717, 1.165) is 0 Å². The topological polar surface area (TPSA) is 93.1 Å². The van der Waals surface area contributed by atoms with Gasteiger partial charge in [0.2, 0.25) is 10.0 Å². The van der Waals surface area contributed by atoms with Crippen molar-refractivity contribution in [1.82, 2.24) is 4.31 Å². The molecule has 2 fully saturated rings. The molecule has 2 aliphatic rings. The maximum absolute atomic E-state index is 12.7. The second-order valence-corrected chi connectivity index (χ2v) is 7.33. The number of hydrogen-bond donors (Lipinski definition) is 1. The lowest BCUT2D eigenvalue weighted by Crippen LogP contribution is -2.51. The van der Waals surface area contributed by atoms with Gasteiger partial charge < -0.3 is 14.6 Å². The fraction of sp³-hybridized carbons (Fsp3) is 0.917. The van der Waals surface area contributed by atoms with Crippen molar-refractivity contribution in [3.63, 3.8) is 0 Å². The van der Waals surface area contributed by atoms with Crippen molar-refractivity contribution in [1.29, 1.82) is 0 Å². The third-order valence-electron chi connectivity index (χ3n) is 4.00. The van der Waals surface area contributed by atoms with Gasteiger partial charge in [0, 0.05) is 13.1 Å². The Morgan fingerprint density at radius 3 is 2.85 bits per heavy atom. The van der Waals surface area contributed by atoms with Crippen molar-refractivity contribution in [3.8, 4) is 0 Å². The summed E-state index contributed by atoms with van der Waals surface area (Å²) in [6.45, 7) is 0.462. The van der Waals surface area contributed by atoms with E-state index in [0.29, 0.717) is 19.3 Å². The monoisotopic (exact) mass is 307 g/mol. The van der Waals surface area contributed by atoms with Crippen LogP contribution in [-0.4, -0.2) is 68.6 Å². The number of carbonyl (C=O) groups is 1. The van der Waals surface area contributed by atoms with Gasteiger partial charge in [0.1, 0.15) is 0 Å². The molecule has 1 aliphatic heterocycles. The molecule has 116 valence electrons. The number of rotatable bonds is 4. The average molecular weight is 307 g/mol. The van der Waals surface area contributed by atoms with E-state index in [-0.39, 0.29) is 26.3 Å². The van der Waals surface area contributed by atoms with Crippen LogP contribution in [0, 0.1) is 5.92 Å². The van der Waals surface area contributed by atoms with Crippen LogP contribution in [0.25, 0.3) is 0 Å². The van der Waals surface area contributed by atoms with E-state index in [2.05, 4.69) is 0 Å². The number of aliphatic hydroxyl groups is 1. The highest BCUT2D eigenvalue weighted by Crippen LogP contribution is 2.34. The fourth-order valence-corrected chi connectivity index (χ4v) is 5.14. The lowest BCUT2D eigenvalue weighted by molar-refractivity contribution is -0.145. The quantitative estimate of drug-likeness (QED) is 0.694. The number of ether oxygens (including phenoxy) is 2. The second kappa shape index (κ2) is 6.38. The molecule has 1 aliphatic carbocycles. The van der Waals surface area contributed by atoms with Crippen LogP contribution in [0.4, 0.5) is 0 Å². The Bertz CT molecular complexity index is 451. The van der Waals surface area contributed by atoms with Crippen LogP contribution in [0.1, 0.15) is 19.3 Å². The van der Waals surface area contributed by atoms with E-state index in [1.54, 1.807) is 0 Å². The Labute approximate surface area is 118 Å². The maximum Gasteiger partial charge on any atom is 0.310 e. The normalized spacial score (nSPS) is 32.2. The zero-order valence-corrected chi connectivity index (χ0v) is 12.3. The van der Waals surface area contributed by atoms with Gasteiger partial charge in [-0.2, -0.15) is 4.31 Å². The number of morpholine rings is 1. The molecule has 0 aromatic heterocycles. The third kappa shape index (κ3) is 2.98. The molecule has 1 heterocycles. The Hall–Kier alpha value is -0.700. The van der Waals surface area contributed by atoms with Crippen LogP contribution < -0.4 is 0 Å². The summed E-state index contributed by atoms with van der Waals surface area (Å²) in [7, 11) is -2.29. The van der Waals surface area contributed by atoms with Gasteiger partial charge in [0.15, 0.2) is 0 Å². The van der Waals surface area contributed by atoms with Gasteiger partial charge in [0.25, 0.3) is 0 Å². The average Bonchev–Trinajstić information content (AvgIpc) is 2.96. The molecule has 0 radical (unpaired) electrons. The molecule has 1 N–H and O–H groups in total. The van der Waals surface area contributed by atoms with Crippen LogP contribution >= 0.6 is 0 Å². The molecule has 3 unspecified atom stereocenters. The van der Waals surface area contributed by atoms with E-state index >= 15 is 0 Å². The molecule has 20 heavy (non-hydrogen) atoms. The standard InChI is InChI=1S/C12H21NO6S/c1-18-12(15)10-3-2-4-11(10)20(16,17)13-5-6-19-9(7-13)8-14/h9-11,14H,2-8H2,1H3. The molecule has 0 aromatic rings. The van der Waals surface area contributed by atoms with Gasteiger partial charge in [-0.3, -0.25) is 4.79 Å². The summed E-state index contributed by atoms with van der Waals surface area (Å²) < 4.78 is 36.6. The van der Waals surface area contributed by atoms with Crippen molar-refractivity contribution in [2.75, 3.05) is 33.4 Å². The Morgan fingerprint density at radius 1 is 1.45 bits per heavy atom. The zero-order valence-electron chi connectivity index (χ0n) is 11.5. The van der Waals surface area contributed by atoms with Crippen molar-refractivity contribution in [2.45, 2.75) is 30.6 Å². The maximum atomic E-state index is 12.7. The SMILES string of the molecule is COC(=O)C1CCCC1S(=O)(=O)N1CCOC(CO)C1. The summed E-state index contributed by atoms with van der Waals surface area (Å²) in [5, 5.41) is 8.38. The predicted octanol–water partition coefficient (Wildman–Crippen LogP) is -0.649. The minimum Gasteiger partial charge on any atom is -0.469 e. The smallest absolute Gasteiger partial charge is 0.310 e. The largest absolute Gasteiger partial charge is 0.469 e. The van der Waals surface area contributed by atoms with E-state index in [9.17, 15) is 13.2 Å². The third-order valence-corrected chi connectivity index (χ3v) is 6.38. The molecular formula is C12H21NO6S. The highest BCUT2D eigenvalue weighted by Gasteiger charge is 2.45. The predicted molar refractivity (Wildman–Crippen MR) is 70.5 cm³/mol. The first kappa shape index (κ1) is 15.7. The van der Waals surface area contributed by atoms with Gasteiger partial charge in [0.05, 0.1) is 37.6 Å². The first-order valence-corrected chi connectivity index (χ1v) is 8.30. The highest BCUT2D eigenvalue weighted by molar-refractivity contribution is 7.89. The van der Waals surface area contributed by atoms with E-state index in [4.69, 9.17) is 14.6 Å². The molecular weight excluding hydrogens is 286 g/mol. The lowest BCUT2D eigenvalue weighted by Gasteiger charge is -2.34. The molecule has 0 bridgehead atoms.